The third kappa shape index (κ3) is 1.65. The number of hydrogen-bond donors (Lipinski definition) is 1. The van der Waals surface area contributed by atoms with Crippen LogP contribution in [0.5, 0.6) is 0 Å². The van der Waals surface area contributed by atoms with Crippen LogP contribution < -0.4 is 5.32 Å². The number of carbonyl (C=O) groups excluding carboxylic acids is 2. The van der Waals surface area contributed by atoms with Crippen LogP contribution >= 0.6 is 0 Å². The van der Waals surface area contributed by atoms with E-state index in [1.54, 1.807) is 4.90 Å². The summed E-state index contributed by atoms with van der Waals surface area (Å²) >= 11 is 0. The van der Waals surface area contributed by atoms with Crippen LogP contribution in [-0.4, -0.2) is 49.1 Å². The molecule has 1 atom stereocenters. The Morgan fingerprint density at radius 3 is 2.92 bits per heavy atom. The van der Waals surface area contributed by atoms with Crippen molar-refractivity contribution in [3.8, 4) is 0 Å². The Hall–Kier alpha value is -1.10. The fraction of sp³-hybridized carbons (Fsp3) is 0.750. The lowest BCUT2D eigenvalue weighted by molar-refractivity contribution is -0.158. The second-order valence-electron chi connectivity index (χ2n) is 3.26. The van der Waals surface area contributed by atoms with Gasteiger partial charge in [-0.3, -0.25) is 9.59 Å². The van der Waals surface area contributed by atoms with Crippen molar-refractivity contribution in [1.82, 2.24) is 10.2 Å². The lowest BCUT2D eigenvalue weighted by Crippen LogP contribution is -2.54. The minimum Gasteiger partial charge on any atom is -0.368 e. The maximum Gasteiger partial charge on any atom is 0.252 e. The fourth-order valence-electron chi connectivity index (χ4n) is 1.46. The standard InChI is InChI=1S/C8H12N2O3/c11-7-5-10(3-2-9-7)8(12)6-1-4-13-6/h6H,1-5H2,(H,9,11). The zero-order valence-electron chi connectivity index (χ0n) is 7.28. The van der Waals surface area contributed by atoms with E-state index in [1.165, 1.54) is 0 Å². The maximum atomic E-state index is 11.5. The molecule has 72 valence electrons. The minimum absolute atomic E-state index is 0.0406. The van der Waals surface area contributed by atoms with Crippen LogP contribution in [0, 0.1) is 0 Å². The van der Waals surface area contributed by atoms with Crippen molar-refractivity contribution in [2.45, 2.75) is 12.5 Å². The monoisotopic (exact) mass is 184 g/mol. The van der Waals surface area contributed by atoms with Gasteiger partial charge in [-0.1, -0.05) is 0 Å². The third-order valence-electron chi connectivity index (χ3n) is 2.32. The molecular formula is C8H12N2O3. The van der Waals surface area contributed by atoms with Crippen molar-refractivity contribution >= 4 is 11.8 Å². The fourth-order valence-corrected chi connectivity index (χ4v) is 1.46. The zero-order chi connectivity index (χ0) is 9.26. The lowest BCUT2D eigenvalue weighted by Gasteiger charge is -2.33. The topological polar surface area (TPSA) is 58.6 Å². The number of ether oxygens (including phenoxy) is 1. The maximum absolute atomic E-state index is 11.5. The molecule has 0 saturated carbocycles. The van der Waals surface area contributed by atoms with E-state index in [-0.39, 0.29) is 24.5 Å². The van der Waals surface area contributed by atoms with Crippen LogP contribution in [0.4, 0.5) is 0 Å². The summed E-state index contributed by atoms with van der Waals surface area (Å²) in [5.74, 6) is -0.125. The molecule has 2 rings (SSSR count). The smallest absolute Gasteiger partial charge is 0.252 e. The molecule has 13 heavy (non-hydrogen) atoms. The van der Waals surface area contributed by atoms with Crippen molar-refractivity contribution in [3.05, 3.63) is 0 Å². The zero-order valence-corrected chi connectivity index (χ0v) is 7.28. The van der Waals surface area contributed by atoms with Crippen LogP contribution in [0.25, 0.3) is 0 Å². The van der Waals surface area contributed by atoms with Gasteiger partial charge in [-0.05, 0) is 0 Å². The lowest BCUT2D eigenvalue weighted by atomic mass is 10.1. The van der Waals surface area contributed by atoms with Crippen LogP contribution in [0.2, 0.25) is 0 Å². The quantitative estimate of drug-likeness (QED) is 0.553. The second kappa shape index (κ2) is 3.33. The predicted molar refractivity (Wildman–Crippen MR) is 43.9 cm³/mol. The van der Waals surface area contributed by atoms with Crippen molar-refractivity contribution in [2.24, 2.45) is 0 Å². The first-order chi connectivity index (χ1) is 6.27. The van der Waals surface area contributed by atoms with Crippen molar-refractivity contribution in [2.75, 3.05) is 26.2 Å². The van der Waals surface area contributed by atoms with Gasteiger partial charge in [0.1, 0.15) is 6.10 Å². The predicted octanol–water partition coefficient (Wildman–Crippen LogP) is -1.27. The van der Waals surface area contributed by atoms with Crippen LogP contribution in [0.3, 0.4) is 0 Å². The number of nitrogens with one attached hydrogen (secondary N) is 1. The molecule has 2 aliphatic heterocycles. The number of hydrogen-bond acceptors (Lipinski definition) is 3. The average Bonchev–Trinajstić information content (AvgIpc) is 2.01. The highest BCUT2D eigenvalue weighted by Gasteiger charge is 2.32. The summed E-state index contributed by atoms with van der Waals surface area (Å²) in [6.45, 7) is 2.00. The van der Waals surface area contributed by atoms with Gasteiger partial charge in [0.15, 0.2) is 0 Å². The summed E-state index contributed by atoms with van der Waals surface area (Å²) in [6, 6.07) is 0. The van der Waals surface area contributed by atoms with Gasteiger partial charge in [-0.15, -0.1) is 0 Å². The number of rotatable bonds is 1. The molecule has 1 N–H and O–H groups in total. The average molecular weight is 184 g/mol. The van der Waals surface area contributed by atoms with E-state index in [2.05, 4.69) is 5.32 Å². The van der Waals surface area contributed by atoms with Gasteiger partial charge in [-0.2, -0.15) is 0 Å². The molecule has 2 saturated heterocycles. The number of nitrogens with zero attached hydrogens (tertiary/aromatic N) is 1. The van der Waals surface area contributed by atoms with E-state index >= 15 is 0 Å². The SMILES string of the molecule is O=C1CN(C(=O)C2CCO2)CCN1. The molecule has 0 aromatic carbocycles. The molecule has 1 unspecified atom stereocenters. The van der Waals surface area contributed by atoms with E-state index in [1.807, 2.05) is 0 Å². The van der Waals surface area contributed by atoms with Crippen molar-refractivity contribution in [1.29, 1.82) is 0 Å². The van der Waals surface area contributed by atoms with Crippen LogP contribution in [0.1, 0.15) is 6.42 Å². The molecule has 5 heteroatoms. The summed E-state index contributed by atoms with van der Waals surface area (Å²) in [5, 5.41) is 2.67. The number of amides is 2. The van der Waals surface area contributed by atoms with E-state index in [0.717, 1.165) is 6.42 Å². The summed E-state index contributed by atoms with van der Waals surface area (Å²) in [6.07, 6.45) is 0.502. The highest BCUT2D eigenvalue weighted by atomic mass is 16.5. The molecule has 0 bridgehead atoms. The Morgan fingerprint density at radius 2 is 2.38 bits per heavy atom. The Morgan fingerprint density at radius 1 is 1.62 bits per heavy atom. The molecule has 0 aromatic heterocycles. The highest BCUT2D eigenvalue weighted by molar-refractivity contribution is 5.88. The van der Waals surface area contributed by atoms with E-state index < -0.39 is 0 Å². The molecule has 2 fully saturated rings. The van der Waals surface area contributed by atoms with Gasteiger partial charge in [0.2, 0.25) is 5.91 Å². The number of piperazine rings is 1. The van der Waals surface area contributed by atoms with Crippen molar-refractivity contribution in [3.63, 3.8) is 0 Å². The molecule has 0 spiro atoms. The molecule has 0 aliphatic carbocycles. The summed E-state index contributed by atoms with van der Waals surface area (Å²) in [7, 11) is 0. The molecule has 0 aromatic rings. The van der Waals surface area contributed by atoms with Gasteiger partial charge in [-0.25, -0.2) is 0 Å². The van der Waals surface area contributed by atoms with Crippen LogP contribution in [-0.2, 0) is 14.3 Å². The Bertz CT molecular complexity index is 238. The van der Waals surface area contributed by atoms with E-state index in [4.69, 9.17) is 4.74 Å². The highest BCUT2D eigenvalue weighted by Crippen LogP contribution is 2.14. The van der Waals surface area contributed by atoms with Crippen LogP contribution in [0.15, 0.2) is 0 Å². The Labute approximate surface area is 76.0 Å². The van der Waals surface area contributed by atoms with Gasteiger partial charge < -0.3 is 15.0 Å². The Balaban J connectivity index is 1.91. The largest absolute Gasteiger partial charge is 0.368 e. The summed E-state index contributed by atoms with van der Waals surface area (Å²) in [5.41, 5.74) is 0. The van der Waals surface area contributed by atoms with Crippen molar-refractivity contribution < 1.29 is 14.3 Å². The molecule has 2 amide bonds. The second-order valence-corrected chi connectivity index (χ2v) is 3.26. The molecular weight excluding hydrogens is 172 g/mol. The molecule has 2 aliphatic rings. The normalized spacial score (nSPS) is 27.8. The third-order valence-corrected chi connectivity index (χ3v) is 2.32. The van der Waals surface area contributed by atoms with E-state index in [9.17, 15) is 9.59 Å². The Kier molecular flexibility index (Phi) is 2.18. The minimum atomic E-state index is -0.286. The molecule has 0 radical (unpaired) electrons. The summed E-state index contributed by atoms with van der Waals surface area (Å²) in [4.78, 5) is 24.1. The van der Waals surface area contributed by atoms with Gasteiger partial charge in [0.25, 0.3) is 5.91 Å². The molecule has 2 heterocycles. The first-order valence-corrected chi connectivity index (χ1v) is 4.44. The molecule has 5 nitrogen and oxygen atoms in total. The van der Waals surface area contributed by atoms with E-state index in [0.29, 0.717) is 19.7 Å². The van der Waals surface area contributed by atoms with Gasteiger partial charge in [0, 0.05) is 19.5 Å². The van der Waals surface area contributed by atoms with Gasteiger partial charge >= 0.3 is 0 Å². The van der Waals surface area contributed by atoms with Gasteiger partial charge in [0.05, 0.1) is 13.2 Å². The summed E-state index contributed by atoms with van der Waals surface area (Å²) < 4.78 is 5.06. The number of carbonyl (C=O) groups is 2. The first kappa shape index (κ1) is 8.50. The first-order valence-electron chi connectivity index (χ1n) is 4.44.